The monoisotopic (exact) mass is 428 g/mol. The average Bonchev–Trinajstić information content (AvgIpc) is 2.83. The standard InChI is InChI=1S/C14H16F3IN2O2/c15-14(16,17)7-5-8(18)13(19-6-7)20-9-1-2-10(20)12(22)4-3-11(9)21/h5-6,9-12,21-22H,1-4H2. The summed E-state index contributed by atoms with van der Waals surface area (Å²) < 4.78 is 38.7. The third kappa shape index (κ3) is 2.80. The zero-order valence-corrected chi connectivity index (χ0v) is 13.8. The SMILES string of the molecule is OC1CCC(O)C2CCC1N2c1ncc(C(F)(F)F)cc1I. The van der Waals surface area contributed by atoms with Crippen molar-refractivity contribution < 1.29 is 23.4 Å². The van der Waals surface area contributed by atoms with Gasteiger partial charge in [-0.3, -0.25) is 0 Å². The fourth-order valence-corrected chi connectivity index (χ4v) is 4.19. The van der Waals surface area contributed by atoms with Crippen LogP contribution in [0.3, 0.4) is 0 Å². The number of halogens is 4. The van der Waals surface area contributed by atoms with Crippen LogP contribution in [0.2, 0.25) is 0 Å². The van der Waals surface area contributed by atoms with Crippen molar-refractivity contribution in [2.45, 2.75) is 56.2 Å². The summed E-state index contributed by atoms with van der Waals surface area (Å²) in [5.74, 6) is 0.418. The maximum Gasteiger partial charge on any atom is 0.417 e. The highest BCUT2D eigenvalue weighted by Crippen LogP contribution is 2.40. The Kier molecular flexibility index (Phi) is 4.28. The van der Waals surface area contributed by atoms with Crippen molar-refractivity contribution >= 4 is 28.4 Å². The quantitative estimate of drug-likeness (QED) is 0.676. The van der Waals surface area contributed by atoms with Crippen molar-refractivity contribution in [3.8, 4) is 0 Å². The Hall–Kier alpha value is -0.610. The van der Waals surface area contributed by atoms with Crippen LogP contribution in [0.5, 0.6) is 0 Å². The Morgan fingerprint density at radius 2 is 1.64 bits per heavy atom. The molecule has 1 aromatic rings. The van der Waals surface area contributed by atoms with Crippen LogP contribution in [0.15, 0.2) is 12.3 Å². The van der Waals surface area contributed by atoms with Gasteiger partial charge in [0.05, 0.1) is 33.4 Å². The Morgan fingerprint density at radius 1 is 1.09 bits per heavy atom. The van der Waals surface area contributed by atoms with Crippen LogP contribution >= 0.6 is 22.6 Å². The number of alkyl halides is 3. The number of rotatable bonds is 1. The fourth-order valence-electron chi connectivity index (χ4n) is 3.44. The minimum atomic E-state index is -4.43. The van der Waals surface area contributed by atoms with Gasteiger partial charge in [-0.25, -0.2) is 4.98 Å². The summed E-state index contributed by atoms with van der Waals surface area (Å²) in [5.41, 5.74) is -0.788. The molecule has 4 unspecified atom stereocenters. The molecule has 2 aliphatic heterocycles. The summed E-state index contributed by atoms with van der Waals surface area (Å²) in [5, 5.41) is 20.5. The zero-order valence-electron chi connectivity index (χ0n) is 11.6. The number of hydrogen-bond acceptors (Lipinski definition) is 4. The highest BCUT2D eigenvalue weighted by atomic mass is 127. The van der Waals surface area contributed by atoms with E-state index in [2.05, 4.69) is 4.98 Å². The van der Waals surface area contributed by atoms with Crippen LogP contribution in [-0.4, -0.2) is 39.5 Å². The lowest BCUT2D eigenvalue weighted by atomic mass is 9.97. The van der Waals surface area contributed by atoms with Gasteiger partial charge < -0.3 is 15.1 Å². The van der Waals surface area contributed by atoms with Crippen LogP contribution in [0.1, 0.15) is 31.2 Å². The van der Waals surface area contributed by atoms with E-state index in [0.717, 1.165) is 12.3 Å². The van der Waals surface area contributed by atoms with E-state index in [1.807, 2.05) is 27.5 Å². The molecule has 8 heteroatoms. The van der Waals surface area contributed by atoms with Crippen molar-refractivity contribution in [2.24, 2.45) is 0 Å². The van der Waals surface area contributed by atoms with Crippen LogP contribution in [0, 0.1) is 3.57 Å². The third-order valence-electron chi connectivity index (χ3n) is 4.51. The van der Waals surface area contributed by atoms with Gasteiger partial charge in [-0.1, -0.05) is 0 Å². The molecular weight excluding hydrogens is 412 g/mol. The molecule has 3 heterocycles. The Bertz CT molecular complexity index is 552. The van der Waals surface area contributed by atoms with Gasteiger partial charge in [0, 0.05) is 6.20 Å². The maximum absolute atomic E-state index is 12.8. The lowest BCUT2D eigenvalue weighted by Gasteiger charge is -2.33. The first kappa shape index (κ1) is 16.3. The number of aliphatic hydroxyl groups is 2. The molecule has 2 bridgehead atoms. The number of fused-ring (bicyclic) bond motifs is 2. The van der Waals surface area contributed by atoms with Gasteiger partial charge in [0.15, 0.2) is 0 Å². The minimum absolute atomic E-state index is 0.195. The van der Waals surface area contributed by atoms with Gasteiger partial charge >= 0.3 is 6.18 Å². The van der Waals surface area contributed by atoms with Crippen molar-refractivity contribution in [3.05, 3.63) is 21.4 Å². The molecule has 122 valence electrons. The summed E-state index contributed by atoms with van der Waals surface area (Å²) in [7, 11) is 0. The zero-order chi connectivity index (χ0) is 16.1. The molecule has 4 atom stereocenters. The molecular formula is C14H16F3IN2O2. The van der Waals surface area contributed by atoms with Gasteiger partial charge in [0.2, 0.25) is 0 Å². The van der Waals surface area contributed by atoms with Crippen LogP contribution < -0.4 is 4.90 Å². The summed E-state index contributed by atoms with van der Waals surface area (Å²) in [4.78, 5) is 5.82. The molecule has 2 aliphatic rings. The second kappa shape index (κ2) is 5.79. The Labute approximate surface area is 139 Å². The molecule has 1 aromatic heterocycles. The lowest BCUT2D eigenvalue weighted by Crippen LogP contribution is -2.45. The van der Waals surface area contributed by atoms with Gasteiger partial charge in [0.25, 0.3) is 0 Å². The Morgan fingerprint density at radius 3 is 2.09 bits per heavy atom. The summed E-state index contributed by atoms with van der Waals surface area (Å²) in [6.45, 7) is 0. The van der Waals surface area contributed by atoms with E-state index in [4.69, 9.17) is 0 Å². The summed E-state index contributed by atoms with van der Waals surface area (Å²) in [6.07, 6.45) is -2.39. The first-order valence-corrected chi connectivity index (χ1v) is 8.24. The second-order valence-corrected chi connectivity index (χ2v) is 7.02. The molecule has 0 saturated carbocycles. The van der Waals surface area contributed by atoms with E-state index in [1.165, 1.54) is 0 Å². The van der Waals surface area contributed by atoms with Gasteiger partial charge in [-0.2, -0.15) is 13.2 Å². The topological polar surface area (TPSA) is 56.6 Å². The molecule has 2 N–H and O–H groups in total. The van der Waals surface area contributed by atoms with Crippen molar-refractivity contribution in [2.75, 3.05) is 4.90 Å². The van der Waals surface area contributed by atoms with Gasteiger partial charge in [-0.05, 0) is 54.3 Å². The molecule has 4 nitrogen and oxygen atoms in total. The van der Waals surface area contributed by atoms with Gasteiger partial charge in [0.1, 0.15) is 5.82 Å². The third-order valence-corrected chi connectivity index (χ3v) is 5.31. The number of pyridine rings is 1. The number of aliphatic hydroxyl groups excluding tert-OH is 2. The van der Waals surface area contributed by atoms with Crippen molar-refractivity contribution in [3.63, 3.8) is 0 Å². The largest absolute Gasteiger partial charge is 0.417 e. The number of nitrogens with zero attached hydrogens (tertiary/aromatic N) is 2. The van der Waals surface area contributed by atoms with E-state index in [-0.39, 0.29) is 12.1 Å². The second-order valence-electron chi connectivity index (χ2n) is 5.86. The fraction of sp³-hybridized carbons (Fsp3) is 0.643. The predicted molar refractivity (Wildman–Crippen MR) is 82.5 cm³/mol. The normalized spacial score (nSPS) is 32.2. The first-order valence-electron chi connectivity index (χ1n) is 7.16. The molecule has 0 aliphatic carbocycles. The average molecular weight is 428 g/mol. The van der Waals surface area contributed by atoms with Crippen molar-refractivity contribution in [1.29, 1.82) is 0 Å². The molecule has 22 heavy (non-hydrogen) atoms. The molecule has 3 rings (SSSR count). The van der Waals surface area contributed by atoms with Gasteiger partial charge in [-0.15, -0.1) is 0 Å². The number of anilines is 1. The van der Waals surface area contributed by atoms with Crippen LogP contribution in [0.4, 0.5) is 19.0 Å². The molecule has 0 aromatic carbocycles. The molecule has 0 spiro atoms. The minimum Gasteiger partial charge on any atom is -0.391 e. The lowest BCUT2D eigenvalue weighted by molar-refractivity contribution is -0.137. The summed E-state index contributed by atoms with van der Waals surface area (Å²) in [6, 6.07) is 0.672. The summed E-state index contributed by atoms with van der Waals surface area (Å²) >= 11 is 1.84. The molecule has 2 saturated heterocycles. The van der Waals surface area contributed by atoms with E-state index in [9.17, 15) is 23.4 Å². The number of aromatic nitrogens is 1. The van der Waals surface area contributed by atoms with E-state index in [1.54, 1.807) is 0 Å². The molecule has 0 amide bonds. The van der Waals surface area contributed by atoms with Crippen LogP contribution in [0.25, 0.3) is 0 Å². The smallest absolute Gasteiger partial charge is 0.391 e. The first-order chi connectivity index (χ1) is 10.3. The Balaban J connectivity index is 1.99. The number of hydrogen-bond donors (Lipinski definition) is 2. The van der Waals surface area contributed by atoms with E-state index < -0.39 is 23.9 Å². The molecule has 2 fully saturated rings. The highest BCUT2D eigenvalue weighted by Gasteiger charge is 2.45. The van der Waals surface area contributed by atoms with E-state index in [0.29, 0.717) is 35.1 Å². The van der Waals surface area contributed by atoms with Crippen LogP contribution in [-0.2, 0) is 6.18 Å². The maximum atomic E-state index is 12.8. The predicted octanol–water partition coefficient (Wildman–Crippen LogP) is 2.56. The van der Waals surface area contributed by atoms with Crippen molar-refractivity contribution in [1.82, 2.24) is 4.98 Å². The van der Waals surface area contributed by atoms with E-state index >= 15 is 0 Å². The molecule has 0 radical (unpaired) electrons. The highest BCUT2D eigenvalue weighted by molar-refractivity contribution is 14.1.